The van der Waals surface area contributed by atoms with Gasteiger partial charge in [0.25, 0.3) is 0 Å². The molecular formula is C8H15N3O. The van der Waals surface area contributed by atoms with Crippen LogP contribution in [0.25, 0.3) is 0 Å². The molecule has 0 aliphatic rings. The summed E-state index contributed by atoms with van der Waals surface area (Å²) in [5, 5.41) is 11.7. The van der Waals surface area contributed by atoms with Crippen LogP contribution in [-0.4, -0.2) is 29.3 Å². The fourth-order valence-electron chi connectivity index (χ4n) is 0.934. The summed E-state index contributed by atoms with van der Waals surface area (Å²) in [7, 11) is 0. The van der Waals surface area contributed by atoms with E-state index in [9.17, 15) is 0 Å². The third kappa shape index (κ3) is 3.04. The first-order valence-electron chi connectivity index (χ1n) is 4.02. The highest BCUT2D eigenvalue weighted by Crippen LogP contribution is 1.92. The Morgan fingerprint density at radius 3 is 3.08 bits per heavy atom. The van der Waals surface area contributed by atoms with Gasteiger partial charge in [0.1, 0.15) is 0 Å². The molecule has 1 aromatic heterocycles. The first-order chi connectivity index (χ1) is 5.83. The van der Waals surface area contributed by atoms with Gasteiger partial charge < -0.3 is 21.1 Å². The van der Waals surface area contributed by atoms with Crippen LogP contribution >= 0.6 is 0 Å². The molecule has 0 spiro atoms. The van der Waals surface area contributed by atoms with Crippen molar-refractivity contribution >= 4 is 0 Å². The first-order valence-corrected chi connectivity index (χ1v) is 4.02. The van der Waals surface area contributed by atoms with E-state index in [1.54, 1.807) is 0 Å². The Morgan fingerprint density at radius 1 is 1.67 bits per heavy atom. The Bertz CT molecular complexity index is 198. The molecule has 0 fully saturated rings. The van der Waals surface area contributed by atoms with E-state index in [0.717, 1.165) is 12.2 Å². The van der Waals surface area contributed by atoms with Crippen LogP contribution in [0.4, 0.5) is 0 Å². The smallest absolute Gasteiger partial charge is 0.0594 e. The molecule has 4 heteroatoms. The molecule has 0 aliphatic heterocycles. The molecule has 0 amide bonds. The van der Waals surface area contributed by atoms with Crippen molar-refractivity contribution in [2.45, 2.75) is 12.6 Å². The third-order valence-corrected chi connectivity index (χ3v) is 1.62. The van der Waals surface area contributed by atoms with E-state index in [1.807, 2.05) is 18.3 Å². The van der Waals surface area contributed by atoms with Gasteiger partial charge in [-0.05, 0) is 12.1 Å². The van der Waals surface area contributed by atoms with Crippen molar-refractivity contribution in [2.24, 2.45) is 5.73 Å². The average molecular weight is 169 g/mol. The van der Waals surface area contributed by atoms with E-state index in [0.29, 0.717) is 6.54 Å². The second-order valence-corrected chi connectivity index (χ2v) is 2.77. The summed E-state index contributed by atoms with van der Waals surface area (Å²) in [6.45, 7) is 1.42. The Balaban J connectivity index is 2.11. The SMILES string of the molecule is NC(CO)CNCc1ccc[nH]1. The molecule has 0 saturated carbocycles. The molecular weight excluding hydrogens is 154 g/mol. The molecule has 0 aliphatic carbocycles. The number of H-pyrrole nitrogens is 1. The topological polar surface area (TPSA) is 74.1 Å². The van der Waals surface area contributed by atoms with Crippen LogP contribution in [0.3, 0.4) is 0 Å². The van der Waals surface area contributed by atoms with Crippen molar-refractivity contribution in [3.8, 4) is 0 Å². The lowest BCUT2D eigenvalue weighted by Crippen LogP contribution is -2.36. The molecule has 0 saturated heterocycles. The van der Waals surface area contributed by atoms with Crippen molar-refractivity contribution in [3.63, 3.8) is 0 Å². The summed E-state index contributed by atoms with van der Waals surface area (Å²) in [6, 6.07) is 3.78. The van der Waals surface area contributed by atoms with Crippen molar-refractivity contribution < 1.29 is 5.11 Å². The van der Waals surface area contributed by atoms with E-state index in [2.05, 4.69) is 10.3 Å². The highest BCUT2D eigenvalue weighted by atomic mass is 16.3. The molecule has 1 unspecified atom stereocenters. The van der Waals surface area contributed by atoms with Crippen molar-refractivity contribution in [1.82, 2.24) is 10.3 Å². The summed E-state index contributed by atoms with van der Waals surface area (Å²) < 4.78 is 0. The van der Waals surface area contributed by atoms with E-state index in [1.165, 1.54) is 0 Å². The van der Waals surface area contributed by atoms with Gasteiger partial charge in [-0.1, -0.05) is 0 Å². The van der Waals surface area contributed by atoms with Gasteiger partial charge in [0.2, 0.25) is 0 Å². The zero-order valence-corrected chi connectivity index (χ0v) is 6.96. The number of rotatable bonds is 5. The number of aromatic nitrogens is 1. The predicted octanol–water partition coefficient (Wildman–Crippen LogP) is -0.576. The molecule has 68 valence electrons. The van der Waals surface area contributed by atoms with Crippen LogP contribution in [0.2, 0.25) is 0 Å². The fraction of sp³-hybridized carbons (Fsp3) is 0.500. The minimum absolute atomic E-state index is 0.0255. The molecule has 1 heterocycles. The summed E-state index contributed by atoms with van der Waals surface area (Å²) >= 11 is 0. The van der Waals surface area contributed by atoms with Crippen molar-refractivity contribution in [3.05, 3.63) is 24.0 Å². The highest BCUT2D eigenvalue weighted by Gasteiger charge is 1.98. The van der Waals surface area contributed by atoms with Gasteiger partial charge in [-0.25, -0.2) is 0 Å². The summed E-state index contributed by atoms with van der Waals surface area (Å²) in [4.78, 5) is 3.06. The van der Waals surface area contributed by atoms with E-state index < -0.39 is 0 Å². The largest absolute Gasteiger partial charge is 0.395 e. The van der Waals surface area contributed by atoms with Crippen LogP contribution in [-0.2, 0) is 6.54 Å². The van der Waals surface area contributed by atoms with Gasteiger partial charge in [-0.2, -0.15) is 0 Å². The molecule has 12 heavy (non-hydrogen) atoms. The molecule has 0 aromatic carbocycles. The molecule has 1 rings (SSSR count). The van der Waals surface area contributed by atoms with Gasteiger partial charge in [-0.3, -0.25) is 0 Å². The van der Waals surface area contributed by atoms with Crippen LogP contribution < -0.4 is 11.1 Å². The second kappa shape index (κ2) is 4.92. The molecule has 1 aromatic rings. The maximum Gasteiger partial charge on any atom is 0.0594 e. The quantitative estimate of drug-likeness (QED) is 0.476. The number of aliphatic hydroxyl groups is 1. The number of hydrogen-bond acceptors (Lipinski definition) is 3. The van der Waals surface area contributed by atoms with Crippen LogP contribution in [0.5, 0.6) is 0 Å². The van der Waals surface area contributed by atoms with E-state index in [4.69, 9.17) is 10.8 Å². The lowest BCUT2D eigenvalue weighted by atomic mass is 10.3. The fourth-order valence-corrected chi connectivity index (χ4v) is 0.934. The Morgan fingerprint density at radius 2 is 2.50 bits per heavy atom. The molecule has 4 nitrogen and oxygen atoms in total. The highest BCUT2D eigenvalue weighted by molar-refractivity contribution is 5.02. The standard InChI is InChI=1S/C8H15N3O/c9-7(6-12)4-10-5-8-2-1-3-11-8/h1-3,7,10-12H,4-6,9H2. The van der Waals surface area contributed by atoms with Crippen LogP contribution in [0.1, 0.15) is 5.69 Å². The molecule has 0 radical (unpaired) electrons. The minimum atomic E-state index is -0.167. The minimum Gasteiger partial charge on any atom is -0.395 e. The lowest BCUT2D eigenvalue weighted by molar-refractivity contribution is 0.262. The molecule has 5 N–H and O–H groups in total. The third-order valence-electron chi connectivity index (χ3n) is 1.62. The van der Waals surface area contributed by atoms with E-state index >= 15 is 0 Å². The number of aliphatic hydroxyl groups excluding tert-OH is 1. The predicted molar refractivity (Wildman–Crippen MR) is 47.6 cm³/mol. The van der Waals surface area contributed by atoms with Gasteiger partial charge in [0.15, 0.2) is 0 Å². The molecule has 1 atom stereocenters. The Hall–Kier alpha value is -0.840. The second-order valence-electron chi connectivity index (χ2n) is 2.77. The van der Waals surface area contributed by atoms with Crippen molar-refractivity contribution in [2.75, 3.05) is 13.2 Å². The maximum atomic E-state index is 8.62. The summed E-state index contributed by atoms with van der Waals surface area (Å²) in [5.41, 5.74) is 6.61. The summed E-state index contributed by atoms with van der Waals surface area (Å²) in [5.74, 6) is 0. The van der Waals surface area contributed by atoms with Gasteiger partial charge in [0.05, 0.1) is 6.61 Å². The van der Waals surface area contributed by atoms with Crippen LogP contribution in [0.15, 0.2) is 18.3 Å². The monoisotopic (exact) mass is 169 g/mol. The Kier molecular flexibility index (Phi) is 3.79. The number of nitrogens with two attached hydrogens (primary N) is 1. The normalized spacial score (nSPS) is 13.2. The molecule has 0 bridgehead atoms. The number of nitrogens with one attached hydrogen (secondary N) is 2. The number of aromatic amines is 1. The zero-order valence-electron chi connectivity index (χ0n) is 6.96. The first kappa shape index (κ1) is 9.25. The average Bonchev–Trinajstić information content (AvgIpc) is 2.57. The Labute approximate surface area is 71.8 Å². The van der Waals surface area contributed by atoms with E-state index in [-0.39, 0.29) is 12.6 Å². The van der Waals surface area contributed by atoms with Gasteiger partial charge in [-0.15, -0.1) is 0 Å². The van der Waals surface area contributed by atoms with Gasteiger partial charge in [0, 0.05) is 31.0 Å². The number of hydrogen-bond donors (Lipinski definition) is 4. The lowest BCUT2D eigenvalue weighted by Gasteiger charge is -2.08. The van der Waals surface area contributed by atoms with Gasteiger partial charge >= 0.3 is 0 Å². The van der Waals surface area contributed by atoms with Crippen molar-refractivity contribution in [1.29, 1.82) is 0 Å². The summed E-state index contributed by atoms with van der Waals surface area (Å²) in [6.07, 6.45) is 1.88. The zero-order chi connectivity index (χ0) is 8.81. The maximum absolute atomic E-state index is 8.62. The van der Waals surface area contributed by atoms with Crippen LogP contribution in [0, 0.1) is 0 Å².